The van der Waals surface area contributed by atoms with E-state index in [1.165, 1.54) is 0 Å². The predicted molar refractivity (Wildman–Crippen MR) is 77.5 cm³/mol. The van der Waals surface area contributed by atoms with Gasteiger partial charge in [-0.3, -0.25) is 19.3 Å². The molecule has 1 fully saturated rings. The first-order chi connectivity index (χ1) is 9.85. The van der Waals surface area contributed by atoms with Crippen LogP contribution in [0.1, 0.15) is 33.1 Å². The molecule has 1 saturated heterocycles. The van der Waals surface area contributed by atoms with E-state index in [9.17, 15) is 14.4 Å². The molecule has 0 saturated carbocycles. The lowest BCUT2D eigenvalue weighted by Crippen LogP contribution is -2.49. The van der Waals surface area contributed by atoms with E-state index in [1.54, 1.807) is 11.8 Å². The number of piperidine rings is 1. The van der Waals surface area contributed by atoms with Crippen LogP contribution in [0.25, 0.3) is 0 Å². The second-order valence-electron chi connectivity index (χ2n) is 5.59. The number of hydrogen-bond donors (Lipinski definition) is 2. The fraction of sp³-hybridized carbons (Fsp3) is 0.786. The highest BCUT2D eigenvalue weighted by Gasteiger charge is 2.28. The van der Waals surface area contributed by atoms with Gasteiger partial charge in [-0.25, -0.2) is 0 Å². The molecule has 21 heavy (non-hydrogen) atoms. The molecule has 7 heteroatoms. The minimum absolute atomic E-state index is 0.00499. The first kappa shape index (κ1) is 17.4. The van der Waals surface area contributed by atoms with Crippen molar-refractivity contribution < 1.29 is 19.5 Å². The molecular formula is C14H25N3O4. The summed E-state index contributed by atoms with van der Waals surface area (Å²) in [6, 6.07) is -0.201. The highest BCUT2D eigenvalue weighted by Crippen LogP contribution is 2.16. The van der Waals surface area contributed by atoms with Gasteiger partial charge in [0.2, 0.25) is 11.8 Å². The van der Waals surface area contributed by atoms with Gasteiger partial charge in [0.05, 0.1) is 18.9 Å². The molecule has 2 unspecified atom stereocenters. The summed E-state index contributed by atoms with van der Waals surface area (Å²) < 4.78 is 0. The normalized spacial score (nSPS) is 20.3. The van der Waals surface area contributed by atoms with Gasteiger partial charge in [0.1, 0.15) is 0 Å². The number of carboxylic acids is 1. The molecule has 0 aromatic rings. The number of aliphatic carboxylic acids is 1. The Morgan fingerprint density at radius 1 is 1.43 bits per heavy atom. The van der Waals surface area contributed by atoms with Crippen LogP contribution in [0.5, 0.6) is 0 Å². The Labute approximate surface area is 125 Å². The van der Waals surface area contributed by atoms with Crippen LogP contribution in [0.15, 0.2) is 0 Å². The largest absolute Gasteiger partial charge is 0.481 e. The summed E-state index contributed by atoms with van der Waals surface area (Å²) in [5, 5.41) is 8.83. The van der Waals surface area contributed by atoms with Gasteiger partial charge < -0.3 is 15.7 Å². The van der Waals surface area contributed by atoms with Crippen LogP contribution in [-0.2, 0) is 14.4 Å². The van der Waals surface area contributed by atoms with Crippen LogP contribution in [0.3, 0.4) is 0 Å². The number of likely N-dealkylation sites (tertiary alicyclic amines) is 1. The average Bonchev–Trinajstić information content (AvgIpc) is 2.43. The van der Waals surface area contributed by atoms with Crippen LogP contribution in [0.2, 0.25) is 0 Å². The van der Waals surface area contributed by atoms with E-state index in [0.717, 1.165) is 12.8 Å². The van der Waals surface area contributed by atoms with Crippen molar-refractivity contribution in [3.8, 4) is 0 Å². The Morgan fingerprint density at radius 3 is 2.62 bits per heavy atom. The smallest absolute Gasteiger partial charge is 0.304 e. The molecule has 7 nitrogen and oxygen atoms in total. The van der Waals surface area contributed by atoms with Crippen molar-refractivity contribution in [2.75, 3.05) is 26.2 Å². The third kappa shape index (κ3) is 5.34. The minimum Gasteiger partial charge on any atom is -0.481 e. The van der Waals surface area contributed by atoms with Crippen molar-refractivity contribution in [1.29, 1.82) is 0 Å². The zero-order valence-corrected chi connectivity index (χ0v) is 12.7. The molecule has 1 aliphatic rings. The zero-order chi connectivity index (χ0) is 16.0. The van der Waals surface area contributed by atoms with Gasteiger partial charge in [0.25, 0.3) is 0 Å². The average molecular weight is 299 g/mol. The Kier molecular flexibility index (Phi) is 6.61. The maximum atomic E-state index is 12.3. The Balaban J connectivity index is 2.57. The highest BCUT2D eigenvalue weighted by atomic mass is 16.4. The maximum Gasteiger partial charge on any atom is 0.304 e. The second kappa shape index (κ2) is 7.97. The third-order valence-electron chi connectivity index (χ3n) is 4.01. The van der Waals surface area contributed by atoms with Crippen molar-refractivity contribution in [3.05, 3.63) is 0 Å². The fourth-order valence-corrected chi connectivity index (χ4v) is 2.67. The van der Waals surface area contributed by atoms with E-state index in [4.69, 9.17) is 10.8 Å². The number of hydrogen-bond acceptors (Lipinski definition) is 4. The first-order valence-electron chi connectivity index (χ1n) is 7.38. The quantitative estimate of drug-likeness (QED) is 0.683. The van der Waals surface area contributed by atoms with Crippen molar-refractivity contribution in [2.45, 2.75) is 39.2 Å². The van der Waals surface area contributed by atoms with E-state index in [-0.39, 0.29) is 36.7 Å². The van der Waals surface area contributed by atoms with Gasteiger partial charge >= 0.3 is 5.97 Å². The maximum absolute atomic E-state index is 12.3. The molecule has 1 aliphatic heterocycles. The van der Waals surface area contributed by atoms with Crippen LogP contribution in [0.4, 0.5) is 0 Å². The lowest BCUT2D eigenvalue weighted by molar-refractivity contribution is -0.141. The number of nitrogens with two attached hydrogens (primary N) is 1. The summed E-state index contributed by atoms with van der Waals surface area (Å²) in [7, 11) is 0. The molecular weight excluding hydrogens is 274 g/mol. The standard InChI is InChI=1S/C14H25N3O4/c1-3-16(10(2)7-13(19)20)9-12(18)17-6-4-5-11(8-17)14(15)21/h10-11H,3-9H2,1-2H3,(H2,15,21)(H,19,20). The van der Waals surface area contributed by atoms with Gasteiger partial charge in [0.15, 0.2) is 0 Å². The summed E-state index contributed by atoms with van der Waals surface area (Å²) in [4.78, 5) is 37.8. The van der Waals surface area contributed by atoms with Gasteiger partial charge in [-0.1, -0.05) is 6.92 Å². The number of nitrogens with zero attached hydrogens (tertiary/aromatic N) is 2. The van der Waals surface area contributed by atoms with Gasteiger partial charge in [-0.05, 0) is 26.3 Å². The second-order valence-corrected chi connectivity index (χ2v) is 5.59. The lowest BCUT2D eigenvalue weighted by atomic mass is 9.97. The number of amides is 2. The number of rotatable bonds is 7. The summed E-state index contributed by atoms with van der Waals surface area (Å²) in [5.41, 5.74) is 5.31. The van der Waals surface area contributed by atoms with Crippen molar-refractivity contribution in [2.24, 2.45) is 11.7 Å². The van der Waals surface area contributed by atoms with E-state index in [1.807, 2.05) is 11.8 Å². The summed E-state index contributed by atoms with van der Waals surface area (Å²) >= 11 is 0. The molecule has 3 N–H and O–H groups in total. The summed E-state index contributed by atoms with van der Waals surface area (Å²) in [5.74, 6) is -1.58. The Morgan fingerprint density at radius 2 is 2.10 bits per heavy atom. The molecule has 0 spiro atoms. The predicted octanol–water partition coefficient (Wildman–Crippen LogP) is -0.105. The lowest BCUT2D eigenvalue weighted by Gasteiger charge is -2.34. The molecule has 0 radical (unpaired) electrons. The minimum atomic E-state index is -0.875. The molecule has 0 bridgehead atoms. The summed E-state index contributed by atoms with van der Waals surface area (Å²) in [6.07, 6.45) is 1.51. The molecule has 0 aliphatic carbocycles. The van der Waals surface area contributed by atoms with Crippen LogP contribution >= 0.6 is 0 Å². The number of carbonyl (C=O) groups excluding carboxylic acids is 2. The Hall–Kier alpha value is -1.63. The molecule has 120 valence electrons. The number of primary amides is 1. The van der Waals surface area contributed by atoms with E-state index < -0.39 is 5.97 Å². The van der Waals surface area contributed by atoms with Crippen molar-refractivity contribution >= 4 is 17.8 Å². The zero-order valence-electron chi connectivity index (χ0n) is 12.7. The summed E-state index contributed by atoms with van der Waals surface area (Å²) in [6.45, 7) is 5.48. The van der Waals surface area contributed by atoms with Gasteiger partial charge in [-0.15, -0.1) is 0 Å². The monoisotopic (exact) mass is 299 g/mol. The highest BCUT2D eigenvalue weighted by molar-refractivity contribution is 5.81. The molecule has 2 atom stereocenters. The molecule has 2 amide bonds. The molecule has 1 heterocycles. The number of likely N-dealkylation sites (N-methyl/N-ethyl adjacent to an activating group) is 1. The van der Waals surface area contributed by atoms with Gasteiger partial charge in [-0.2, -0.15) is 0 Å². The SMILES string of the molecule is CCN(CC(=O)N1CCCC(C(N)=O)C1)C(C)CC(=O)O. The first-order valence-corrected chi connectivity index (χ1v) is 7.38. The number of carbonyl (C=O) groups is 3. The Bertz CT molecular complexity index is 400. The molecule has 1 rings (SSSR count). The van der Waals surface area contributed by atoms with Crippen molar-refractivity contribution in [1.82, 2.24) is 9.80 Å². The van der Waals surface area contributed by atoms with Crippen LogP contribution in [0, 0.1) is 5.92 Å². The van der Waals surface area contributed by atoms with Crippen LogP contribution in [-0.4, -0.2) is 64.9 Å². The topological polar surface area (TPSA) is 104 Å². The van der Waals surface area contributed by atoms with E-state index >= 15 is 0 Å². The fourth-order valence-electron chi connectivity index (χ4n) is 2.67. The van der Waals surface area contributed by atoms with Crippen molar-refractivity contribution in [3.63, 3.8) is 0 Å². The molecule has 0 aromatic carbocycles. The number of carboxylic acid groups (broad SMARTS) is 1. The van der Waals surface area contributed by atoms with E-state index in [0.29, 0.717) is 19.6 Å². The van der Waals surface area contributed by atoms with Crippen LogP contribution < -0.4 is 5.73 Å². The van der Waals surface area contributed by atoms with Gasteiger partial charge in [0, 0.05) is 19.1 Å². The third-order valence-corrected chi connectivity index (χ3v) is 4.01. The molecule has 0 aromatic heterocycles. The van der Waals surface area contributed by atoms with E-state index in [2.05, 4.69) is 0 Å².